The zero-order valence-electron chi connectivity index (χ0n) is 14.9. The molecule has 0 radical (unpaired) electrons. The van der Waals surface area contributed by atoms with E-state index < -0.39 is 0 Å². The molecule has 1 aromatic heterocycles. The maximum atomic E-state index is 10.7. The number of likely N-dealkylation sites (tertiary alicyclic amines) is 1. The summed E-state index contributed by atoms with van der Waals surface area (Å²) in [5.41, 5.74) is 4.39. The van der Waals surface area contributed by atoms with Crippen LogP contribution in [0.25, 0.3) is 11.1 Å². The van der Waals surface area contributed by atoms with Crippen LogP contribution in [0.3, 0.4) is 0 Å². The van der Waals surface area contributed by atoms with Crippen LogP contribution in [0.5, 0.6) is 5.75 Å². The molecule has 0 aliphatic carbocycles. The number of rotatable bonds is 4. The molecule has 1 N–H and O–H groups in total. The highest BCUT2D eigenvalue weighted by atomic mass is 16.3. The molecule has 0 bridgehead atoms. The van der Waals surface area contributed by atoms with Gasteiger partial charge in [0.25, 0.3) is 0 Å². The van der Waals surface area contributed by atoms with E-state index in [0.29, 0.717) is 5.75 Å². The smallest absolute Gasteiger partial charge is 0.120 e. The fourth-order valence-electron chi connectivity index (χ4n) is 3.89. The van der Waals surface area contributed by atoms with Crippen LogP contribution in [0.4, 0.5) is 0 Å². The average Bonchev–Trinajstić information content (AvgIpc) is 2.72. The van der Waals surface area contributed by atoms with Gasteiger partial charge in [-0.05, 0) is 60.8 Å². The van der Waals surface area contributed by atoms with Gasteiger partial charge in [0, 0.05) is 18.0 Å². The molecule has 0 amide bonds. The molecule has 1 aliphatic heterocycles. The molecule has 1 aliphatic rings. The third-order valence-corrected chi connectivity index (χ3v) is 5.19. The van der Waals surface area contributed by atoms with Gasteiger partial charge in [-0.2, -0.15) is 0 Å². The van der Waals surface area contributed by atoms with E-state index in [1.54, 1.807) is 6.20 Å². The predicted octanol–water partition coefficient (Wildman–Crippen LogP) is 5.03. The molecule has 3 nitrogen and oxygen atoms in total. The third-order valence-electron chi connectivity index (χ3n) is 5.19. The lowest BCUT2D eigenvalue weighted by molar-refractivity contribution is 0.184. The van der Waals surface area contributed by atoms with Crippen LogP contribution in [0.1, 0.15) is 36.4 Å². The van der Waals surface area contributed by atoms with Gasteiger partial charge in [0.1, 0.15) is 5.75 Å². The number of phenolic OH excluding ortho intramolecular Hbond substituents is 1. The minimum atomic E-state index is 0.0349. The van der Waals surface area contributed by atoms with E-state index in [1.807, 2.05) is 42.6 Å². The first kappa shape index (κ1) is 16.8. The number of phenols is 1. The van der Waals surface area contributed by atoms with Crippen LogP contribution in [0, 0.1) is 0 Å². The maximum absolute atomic E-state index is 10.7. The van der Waals surface area contributed by atoms with Crippen LogP contribution in [0.15, 0.2) is 73.1 Å². The molecule has 3 aromatic rings. The number of nitrogens with zero attached hydrogens (tertiary/aromatic N) is 2. The predicted molar refractivity (Wildman–Crippen MR) is 105 cm³/mol. The molecule has 2 heterocycles. The summed E-state index contributed by atoms with van der Waals surface area (Å²) in [4.78, 5) is 6.80. The summed E-state index contributed by atoms with van der Waals surface area (Å²) < 4.78 is 0. The van der Waals surface area contributed by atoms with Gasteiger partial charge < -0.3 is 5.11 Å². The van der Waals surface area contributed by atoms with Crippen LogP contribution >= 0.6 is 0 Å². The van der Waals surface area contributed by atoms with E-state index in [2.05, 4.69) is 34.1 Å². The lowest BCUT2D eigenvalue weighted by Crippen LogP contribution is -2.34. The molecule has 132 valence electrons. The van der Waals surface area contributed by atoms with Crippen molar-refractivity contribution in [3.05, 3.63) is 84.2 Å². The Balaban J connectivity index is 1.80. The van der Waals surface area contributed by atoms with Crippen LogP contribution in [0.2, 0.25) is 0 Å². The fourth-order valence-corrected chi connectivity index (χ4v) is 3.89. The van der Waals surface area contributed by atoms with Crippen LogP contribution < -0.4 is 0 Å². The highest BCUT2D eigenvalue weighted by Crippen LogP contribution is 2.37. The van der Waals surface area contributed by atoms with Gasteiger partial charge in [0.15, 0.2) is 0 Å². The van der Waals surface area contributed by atoms with E-state index >= 15 is 0 Å². The van der Waals surface area contributed by atoms with Crippen molar-refractivity contribution in [2.45, 2.75) is 25.3 Å². The van der Waals surface area contributed by atoms with Crippen molar-refractivity contribution in [3.63, 3.8) is 0 Å². The van der Waals surface area contributed by atoms with Crippen LogP contribution in [-0.4, -0.2) is 28.1 Å². The summed E-state index contributed by atoms with van der Waals surface area (Å²) in [6, 6.07) is 20.4. The molecule has 1 saturated heterocycles. The largest absolute Gasteiger partial charge is 0.508 e. The van der Waals surface area contributed by atoms with Gasteiger partial charge in [0.2, 0.25) is 0 Å². The standard InChI is InChI=1S/C23H24N2O/c26-22-12-11-19(18-8-3-1-4-9-18)16-21(22)23(20-10-7-13-24-17-20)25-14-5-2-6-15-25/h1,3-4,7-13,16-17,23,26H,2,5-6,14-15H2. The molecule has 1 atom stereocenters. The Morgan fingerprint density at radius 2 is 1.65 bits per heavy atom. The van der Waals surface area contributed by atoms with E-state index in [1.165, 1.54) is 19.3 Å². The quantitative estimate of drug-likeness (QED) is 0.721. The van der Waals surface area contributed by atoms with E-state index in [-0.39, 0.29) is 6.04 Å². The summed E-state index contributed by atoms with van der Waals surface area (Å²) in [7, 11) is 0. The normalized spacial score (nSPS) is 16.3. The van der Waals surface area contributed by atoms with Crippen molar-refractivity contribution in [2.75, 3.05) is 13.1 Å². The van der Waals surface area contributed by atoms with Gasteiger partial charge in [-0.3, -0.25) is 9.88 Å². The zero-order valence-corrected chi connectivity index (χ0v) is 14.9. The Bertz CT molecular complexity index is 843. The molecule has 3 heteroatoms. The van der Waals surface area contributed by atoms with E-state index in [4.69, 9.17) is 0 Å². The maximum Gasteiger partial charge on any atom is 0.120 e. The third kappa shape index (κ3) is 3.49. The topological polar surface area (TPSA) is 36.4 Å². The molecule has 1 fully saturated rings. The summed E-state index contributed by atoms with van der Waals surface area (Å²) in [5.74, 6) is 0.351. The van der Waals surface area contributed by atoms with Gasteiger partial charge >= 0.3 is 0 Å². The number of hydrogen-bond acceptors (Lipinski definition) is 3. The first-order chi connectivity index (χ1) is 12.8. The number of hydrogen-bond donors (Lipinski definition) is 1. The molecule has 2 aromatic carbocycles. The number of aromatic hydroxyl groups is 1. The minimum absolute atomic E-state index is 0.0349. The van der Waals surface area contributed by atoms with Crippen molar-refractivity contribution in [2.24, 2.45) is 0 Å². The number of pyridine rings is 1. The van der Waals surface area contributed by atoms with Gasteiger partial charge in [-0.25, -0.2) is 0 Å². The lowest BCUT2D eigenvalue weighted by Gasteiger charge is -2.35. The average molecular weight is 344 g/mol. The highest BCUT2D eigenvalue weighted by Gasteiger charge is 2.26. The van der Waals surface area contributed by atoms with Crippen molar-refractivity contribution in [1.82, 2.24) is 9.88 Å². The Labute approximate surface area is 155 Å². The SMILES string of the molecule is Oc1ccc(-c2ccccc2)cc1C(c1cccnc1)N1CCCCC1. The lowest BCUT2D eigenvalue weighted by atomic mass is 9.92. The minimum Gasteiger partial charge on any atom is -0.508 e. The number of piperidine rings is 1. The Kier molecular flexibility index (Phi) is 4.98. The van der Waals surface area contributed by atoms with Gasteiger partial charge in [-0.1, -0.05) is 48.9 Å². The van der Waals surface area contributed by atoms with E-state index in [0.717, 1.165) is 35.3 Å². The molecule has 0 saturated carbocycles. The summed E-state index contributed by atoms with van der Waals surface area (Å²) in [6.07, 6.45) is 7.42. The van der Waals surface area contributed by atoms with Gasteiger partial charge in [0.05, 0.1) is 6.04 Å². The number of aromatic nitrogens is 1. The Hall–Kier alpha value is -2.65. The molecular formula is C23H24N2O. The van der Waals surface area contributed by atoms with Gasteiger partial charge in [-0.15, -0.1) is 0 Å². The monoisotopic (exact) mass is 344 g/mol. The molecular weight excluding hydrogens is 320 g/mol. The zero-order chi connectivity index (χ0) is 17.8. The molecule has 1 unspecified atom stereocenters. The fraction of sp³-hybridized carbons (Fsp3) is 0.261. The molecule has 0 spiro atoms. The van der Waals surface area contributed by atoms with Crippen LogP contribution in [-0.2, 0) is 0 Å². The summed E-state index contributed by atoms with van der Waals surface area (Å²) >= 11 is 0. The molecule has 26 heavy (non-hydrogen) atoms. The van der Waals surface area contributed by atoms with Crippen molar-refractivity contribution in [1.29, 1.82) is 0 Å². The second kappa shape index (κ2) is 7.71. The molecule has 4 rings (SSSR count). The summed E-state index contributed by atoms with van der Waals surface area (Å²) in [6.45, 7) is 2.10. The number of benzene rings is 2. The van der Waals surface area contributed by atoms with Crippen molar-refractivity contribution < 1.29 is 5.11 Å². The van der Waals surface area contributed by atoms with Crippen molar-refractivity contribution in [3.8, 4) is 16.9 Å². The Morgan fingerprint density at radius 3 is 2.38 bits per heavy atom. The van der Waals surface area contributed by atoms with Crippen molar-refractivity contribution >= 4 is 0 Å². The first-order valence-electron chi connectivity index (χ1n) is 9.35. The first-order valence-corrected chi connectivity index (χ1v) is 9.35. The van der Waals surface area contributed by atoms with E-state index in [9.17, 15) is 5.11 Å². The second-order valence-corrected chi connectivity index (χ2v) is 6.93. The highest BCUT2D eigenvalue weighted by molar-refractivity contribution is 5.66. The Morgan fingerprint density at radius 1 is 0.846 bits per heavy atom. The summed E-state index contributed by atoms with van der Waals surface area (Å²) in [5, 5.41) is 10.7. The second-order valence-electron chi connectivity index (χ2n) is 6.93.